The van der Waals surface area contributed by atoms with Crippen molar-refractivity contribution < 1.29 is 0 Å². The molecule has 1 aliphatic rings. The van der Waals surface area contributed by atoms with Gasteiger partial charge < -0.3 is 0 Å². The molecule has 0 heterocycles. The van der Waals surface area contributed by atoms with E-state index in [-0.39, 0.29) is 0 Å². The Labute approximate surface area is 280 Å². The first-order valence-electron chi connectivity index (χ1n) is 16.4. The topological polar surface area (TPSA) is 0 Å². The largest absolute Gasteiger partial charge is 0.133 e. The fraction of sp³-hybridized carbons (Fsp3) is 0.0435. The molecule has 0 N–H and O–H groups in total. The van der Waals surface area contributed by atoms with Gasteiger partial charge in [-0.15, -0.1) is 5.47 Å². The first-order valence-corrected chi connectivity index (χ1v) is 16.4. The lowest BCUT2D eigenvalue weighted by Crippen LogP contribution is -2.04. The van der Waals surface area contributed by atoms with Gasteiger partial charge in [-0.1, -0.05) is 182 Å². The van der Waals surface area contributed by atoms with Gasteiger partial charge in [0, 0.05) is 5.92 Å². The van der Waals surface area contributed by atoms with Crippen LogP contribution in [0, 0.1) is 0 Å². The van der Waals surface area contributed by atoms with Crippen molar-refractivity contribution in [2.45, 2.75) is 12.3 Å². The molecule has 224 valence electrons. The number of hydrogen-bond acceptors (Lipinski definition) is 0. The van der Waals surface area contributed by atoms with Gasteiger partial charge in [0.05, 0.1) is 0 Å². The van der Waals surface area contributed by atoms with E-state index in [2.05, 4.69) is 202 Å². The van der Waals surface area contributed by atoms with Crippen molar-refractivity contribution in [3.8, 4) is 0 Å². The minimum atomic E-state index is 0.345. The van der Waals surface area contributed by atoms with E-state index in [1.54, 1.807) is 0 Å². The van der Waals surface area contributed by atoms with Crippen LogP contribution in [0.25, 0.3) is 28.9 Å². The molecule has 0 spiro atoms. The van der Waals surface area contributed by atoms with Crippen molar-refractivity contribution >= 4 is 36.7 Å². The maximum atomic E-state index is 2.45. The molecule has 1 aliphatic carbocycles. The third-order valence-electron chi connectivity index (χ3n) is 8.89. The quantitative estimate of drug-likeness (QED) is 0.120. The number of allylic oxidation sites excluding steroid dienone is 4. The molecule has 0 saturated carbocycles. The zero-order valence-electron chi connectivity index (χ0n) is 26.8. The van der Waals surface area contributed by atoms with Crippen LogP contribution in [-0.2, 0) is 0 Å². The van der Waals surface area contributed by atoms with Crippen LogP contribution in [0.15, 0.2) is 187 Å². The summed E-state index contributed by atoms with van der Waals surface area (Å²) in [5, 5.41) is 0. The molecule has 0 saturated heterocycles. The predicted molar refractivity (Wildman–Crippen MR) is 205 cm³/mol. The molecule has 0 nitrogen and oxygen atoms in total. The van der Waals surface area contributed by atoms with E-state index in [4.69, 9.17) is 0 Å². The molecule has 0 bridgehead atoms. The summed E-state index contributed by atoms with van der Waals surface area (Å²) in [5.41, 5.74) is 15.0. The van der Waals surface area contributed by atoms with Crippen LogP contribution in [-0.4, -0.2) is 7.85 Å². The molecule has 0 amide bonds. The lowest BCUT2D eigenvalue weighted by molar-refractivity contribution is 0.845. The van der Waals surface area contributed by atoms with Crippen molar-refractivity contribution in [1.82, 2.24) is 0 Å². The van der Waals surface area contributed by atoms with Crippen molar-refractivity contribution in [1.29, 1.82) is 0 Å². The molecule has 1 atom stereocenters. The summed E-state index contributed by atoms with van der Waals surface area (Å²) < 4.78 is 0. The summed E-state index contributed by atoms with van der Waals surface area (Å²) in [4.78, 5) is 0. The summed E-state index contributed by atoms with van der Waals surface area (Å²) in [6, 6.07) is 60.8. The fourth-order valence-electron chi connectivity index (χ4n) is 6.47. The zero-order chi connectivity index (χ0) is 31.8. The van der Waals surface area contributed by atoms with Crippen LogP contribution in [0.3, 0.4) is 0 Å². The van der Waals surface area contributed by atoms with Crippen LogP contribution in [0.1, 0.15) is 56.8 Å². The molecule has 0 aromatic heterocycles. The maximum Gasteiger partial charge on any atom is 0.133 e. The SMILES string of the molecule is BC1=CC(c2ccc(C=C(c3ccccc3)c3ccccc3)cc2)=CC(c2ccc(C=C(c3ccccc3)c3ccccc3)cc2)C1. The Kier molecular flexibility index (Phi) is 9.06. The van der Waals surface area contributed by atoms with Crippen molar-refractivity contribution in [3.63, 3.8) is 0 Å². The third-order valence-corrected chi connectivity index (χ3v) is 8.89. The maximum absolute atomic E-state index is 2.45. The normalized spacial score (nSPS) is 14.0. The standard InChI is InChI=1S/C46H37B/c47-44-32-42(36-25-21-34(22-26-36)29-45(38-13-5-1-6-14-38)39-15-7-2-8-16-39)31-43(33-44)37-27-23-35(24-28-37)30-46(40-17-9-3-10-18-40)41-19-11-4-12-20-41/h1-32,43H,33,47H2. The van der Waals surface area contributed by atoms with Crippen LogP contribution in [0.5, 0.6) is 0 Å². The van der Waals surface area contributed by atoms with Gasteiger partial charge in [0.25, 0.3) is 0 Å². The van der Waals surface area contributed by atoms with Gasteiger partial charge in [0.1, 0.15) is 7.85 Å². The highest BCUT2D eigenvalue weighted by Crippen LogP contribution is 2.35. The highest BCUT2D eigenvalue weighted by atomic mass is 14.2. The number of benzene rings is 6. The van der Waals surface area contributed by atoms with Crippen LogP contribution < -0.4 is 0 Å². The van der Waals surface area contributed by atoms with E-state index in [0.717, 1.165) is 6.42 Å². The number of hydrogen-bond donors (Lipinski definition) is 0. The Morgan fingerprint density at radius 1 is 0.468 bits per heavy atom. The van der Waals surface area contributed by atoms with Crippen molar-refractivity contribution in [2.75, 3.05) is 0 Å². The average molecular weight is 601 g/mol. The molecule has 0 aliphatic heterocycles. The molecule has 6 aromatic rings. The molecular weight excluding hydrogens is 563 g/mol. The highest BCUT2D eigenvalue weighted by Gasteiger charge is 2.16. The van der Waals surface area contributed by atoms with Crippen LogP contribution in [0.2, 0.25) is 0 Å². The molecule has 7 rings (SSSR count). The van der Waals surface area contributed by atoms with Gasteiger partial charge in [0.15, 0.2) is 0 Å². The Morgan fingerprint density at radius 2 is 0.851 bits per heavy atom. The molecule has 6 aromatic carbocycles. The third kappa shape index (κ3) is 7.27. The summed E-state index contributed by atoms with van der Waals surface area (Å²) in [5.74, 6) is 0.345. The second kappa shape index (κ2) is 14.2. The monoisotopic (exact) mass is 600 g/mol. The molecular formula is C46H37B. The van der Waals surface area contributed by atoms with E-state index in [9.17, 15) is 0 Å². The Balaban J connectivity index is 1.14. The second-order valence-electron chi connectivity index (χ2n) is 12.3. The first-order chi connectivity index (χ1) is 23.2. The molecule has 1 heteroatoms. The summed E-state index contributed by atoms with van der Waals surface area (Å²) >= 11 is 0. The van der Waals surface area contributed by atoms with Crippen LogP contribution >= 0.6 is 0 Å². The van der Waals surface area contributed by atoms with Gasteiger partial charge in [-0.25, -0.2) is 0 Å². The summed E-state index contributed by atoms with van der Waals surface area (Å²) in [7, 11) is 2.26. The van der Waals surface area contributed by atoms with Gasteiger partial charge in [0.2, 0.25) is 0 Å². The number of rotatable bonds is 8. The van der Waals surface area contributed by atoms with E-state index in [0.29, 0.717) is 5.92 Å². The molecule has 0 fully saturated rings. The van der Waals surface area contributed by atoms with Crippen molar-refractivity contribution in [3.05, 3.63) is 232 Å². The van der Waals surface area contributed by atoms with Gasteiger partial charge in [-0.2, -0.15) is 0 Å². The highest BCUT2D eigenvalue weighted by molar-refractivity contribution is 6.22. The minimum Gasteiger partial charge on any atom is -0.108 e. The lowest BCUT2D eigenvalue weighted by Gasteiger charge is -2.21. The predicted octanol–water partition coefficient (Wildman–Crippen LogP) is 11.0. The second-order valence-corrected chi connectivity index (χ2v) is 12.3. The van der Waals surface area contributed by atoms with E-state index in [1.807, 2.05) is 0 Å². The molecule has 1 unspecified atom stereocenters. The van der Waals surface area contributed by atoms with E-state index in [1.165, 1.54) is 66.7 Å². The Morgan fingerprint density at radius 3 is 1.26 bits per heavy atom. The van der Waals surface area contributed by atoms with E-state index >= 15 is 0 Å². The van der Waals surface area contributed by atoms with E-state index < -0.39 is 0 Å². The Hall–Kier alpha value is -5.66. The minimum absolute atomic E-state index is 0.345. The van der Waals surface area contributed by atoms with Gasteiger partial charge in [-0.3, -0.25) is 0 Å². The fourth-order valence-corrected chi connectivity index (χ4v) is 6.47. The lowest BCUT2D eigenvalue weighted by atomic mass is 9.76. The summed E-state index contributed by atoms with van der Waals surface area (Å²) in [6.45, 7) is 0. The van der Waals surface area contributed by atoms with Gasteiger partial charge in [-0.05, 0) is 79.8 Å². The smallest absolute Gasteiger partial charge is 0.108 e. The Bertz CT molecular complexity index is 1970. The first kappa shape index (κ1) is 30.0. The zero-order valence-corrected chi connectivity index (χ0v) is 26.8. The van der Waals surface area contributed by atoms with Crippen molar-refractivity contribution in [2.24, 2.45) is 0 Å². The van der Waals surface area contributed by atoms with Crippen LogP contribution in [0.4, 0.5) is 0 Å². The molecule has 47 heavy (non-hydrogen) atoms. The molecule has 0 radical (unpaired) electrons. The van der Waals surface area contributed by atoms with Gasteiger partial charge >= 0.3 is 0 Å². The average Bonchev–Trinajstić information content (AvgIpc) is 3.14. The summed E-state index contributed by atoms with van der Waals surface area (Å²) in [6.07, 6.45) is 10.4.